The van der Waals surface area contributed by atoms with E-state index in [0.717, 1.165) is 0 Å². The van der Waals surface area contributed by atoms with E-state index in [9.17, 15) is 18.0 Å². The molecule has 7 nitrogen and oxygen atoms in total. The van der Waals surface area contributed by atoms with E-state index in [1.165, 1.54) is 11.8 Å². The minimum Gasteiger partial charge on any atom is -0.449 e. The topological polar surface area (TPSA) is 93.9 Å². The number of aryl methyl sites for hydroxylation is 1. The molecule has 1 aromatic carbocycles. The molecule has 1 amide bonds. The Hall–Kier alpha value is -2.06. The van der Waals surface area contributed by atoms with Crippen LogP contribution in [0.15, 0.2) is 22.6 Å². The average molecular weight is 428 g/mol. The van der Waals surface area contributed by atoms with Gasteiger partial charge in [-0.2, -0.15) is 0 Å². The molecule has 0 N–H and O–H groups in total. The van der Waals surface area contributed by atoms with Crippen molar-refractivity contribution < 1.29 is 27.2 Å². The van der Waals surface area contributed by atoms with Crippen molar-refractivity contribution in [2.75, 3.05) is 18.1 Å². The second-order valence-corrected chi connectivity index (χ2v) is 9.59. The molecule has 1 aromatic heterocycles. The fraction of sp³-hybridized carbons (Fsp3) is 0.474. The normalized spacial score (nSPS) is 19.5. The molecule has 0 aliphatic carbocycles. The molecule has 0 saturated carbocycles. The van der Waals surface area contributed by atoms with Gasteiger partial charge in [0, 0.05) is 28.6 Å². The zero-order valence-corrected chi connectivity index (χ0v) is 17.5. The van der Waals surface area contributed by atoms with Gasteiger partial charge >= 0.3 is 5.97 Å². The van der Waals surface area contributed by atoms with Crippen molar-refractivity contribution in [1.82, 2.24) is 4.90 Å². The highest BCUT2D eigenvalue weighted by Crippen LogP contribution is 2.28. The summed E-state index contributed by atoms with van der Waals surface area (Å²) in [6, 6.07) is 4.62. The molecule has 9 heteroatoms. The summed E-state index contributed by atoms with van der Waals surface area (Å²) in [5.41, 5.74) is 1.08. The summed E-state index contributed by atoms with van der Waals surface area (Å²) in [6.45, 7) is 5.29. The van der Waals surface area contributed by atoms with Crippen LogP contribution in [0.25, 0.3) is 11.0 Å². The predicted molar refractivity (Wildman–Crippen MR) is 105 cm³/mol. The van der Waals surface area contributed by atoms with Crippen LogP contribution in [-0.4, -0.2) is 55.4 Å². The Morgan fingerprint density at radius 2 is 2.11 bits per heavy atom. The first kappa shape index (κ1) is 20.7. The third-order valence-corrected chi connectivity index (χ3v) is 6.97. The first-order chi connectivity index (χ1) is 13.1. The quantitative estimate of drug-likeness (QED) is 0.681. The van der Waals surface area contributed by atoms with Crippen LogP contribution in [0.1, 0.15) is 36.4 Å². The second-order valence-electron chi connectivity index (χ2n) is 6.93. The highest BCUT2D eigenvalue weighted by Gasteiger charge is 2.36. The molecular weight excluding hydrogens is 406 g/mol. The maximum atomic E-state index is 12.7. The number of rotatable bonds is 5. The van der Waals surface area contributed by atoms with E-state index in [1.807, 2.05) is 0 Å². The molecule has 1 saturated heterocycles. The third kappa shape index (κ3) is 4.03. The average Bonchev–Trinajstić information content (AvgIpc) is 3.15. The number of amides is 1. The van der Waals surface area contributed by atoms with E-state index in [-0.39, 0.29) is 17.3 Å². The van der Waals surface area contributed by atoms with Crippen LogP contribution in [-0.2, 0) is 19.4 Å². The molecular formula is C19H22ClNO6S. The number of hydrogen-bond acceptors (Lipinski definition) is 6. The Balaban J connectivity index is 1.74. The minimum atomic E-state index is -3.13. The first-order valence-corrected chi connectivity index (χ1v) is 11.2. The number of nitrogens with zero attached hydrogens (tertiary/aromatic N) is 1. The predicted octanol–water partition coefficient (Wildman–Crippen LogP) is 2.98. The standard InChI is InChI=1S/C19H22ClNO6S/c1-4-21(14-7-8-28(24,25)10-14)18(22)12(3)26-19(23)17-11(2)15-9-13(20)5-6-16(15)27-17/h5-6,9,12,14H,4,7-8,10H2,1-3H3. The Kier molecular flexibility index (Phi) is 5.72. The van der Waals surface area contributed by atoms with E-state index in [2.05, 4.69) is 0 Å². The summed E-state index contributed by atoms with van der Waals surface area (Å²) in [4.78, 5) is 26.8. The van der Waals surface area contributed by atoms with E-state index in [0.29, 0.717) is 34.5 Å². The third-order valence-electron chi connectivity index (χ3n) is 4.99. The number of halogens is 1. The smallest absolute Gasteiger partial charge is 0.375 e. The highest BCUT2D eigenvalue weighted by atomic mass is 35.5. The lowest BCUT2D eigenvalue weighted by Crippen LogP contribution is -2.46. The number of likely N-dealkylation sites (N-methyl/N-ethyl adjacent to an activating group) is 1. The van der Waals surface area contributed by atoms with E-state index in [1.54, 1.807) is 32.0 Å². The van der Waals surface area contributed by atoms with Gasteiger partial charge in [-0.1, -0.05) is 11.6 Å². The van der Waals surface area contributed by atoms with Crippen molar-refractivity contribution in [1.29, 1.82) is 0 Å². The Morgan fingerprint density at radius 1 is 1.39 bits per heavy atom. The van der Waals surface area contributed by atoms with Gasteiger partial charge < -0.3 is 14.1 Å². The molecule has 1 fully saturated rings. The van der Waals surface area contributed by atoms with Crippen LogP contribution in [0.5, 0.6) is 0 Å². The molecule has 0 bridgehead atoms. The molecule has 28 heavy (non-hydrogen) atoms. The van der Waals surface area contributed by atoms with Gasteiger partial charge in [0.15, 0.2) is 15.9 Å². The number of hydrogen-bond donors (Lipinski definition) is 0. The van der Waals surface area contributed by atoms with Crippen molar-refractivity contribution in [2.24, 2.45) is 0 Å². The van der Waals surface area contributed by atoms with Gasteiger partial charge in [0.1, 0.15) is 5.58 Å². The summed E-state index contributed by atoms with van der Waals surface area (Å²) >= 11 is 5.99. The van der Waals surface area contributed by atoms with Gasteiger partial charge in [0.05, 0.1) is 11.5 Å². The molecule has 2 unspecified atom stereocenters. The Labute approximate surface area is 168 Å². The molecule has 0 radical (unpaired) electrons. The molecule has 2 heterocycles. The van der Waals surface area contributed by atoms with Crippen LogP contribution in [0, 0.1) is 6.92 Å². The lowest BCUT2D eigenvalue weighted by atomic mass is 10.1. The lowest BCUT2D eigenvalue weighted by Gasteiger charge is -2.29. The summed E-state index contributed by atoms with van der Waals surface area (Å²) in [5, 5.41) is 1.22. The summed E-state index contributed by atoms with van der Waals surface area (Å²) in [7, 11) is -3.13. The minimum absolute atomic E-state index is 0.0170. The van der Waals surface area contributed by atoms with E-state index in [4.69, 9.17) is 20.8 Å². The zero-order chi connectivity index (χ0) is 20.6. The fourth-order valence-corrected chi connectivity index (χ4v) is 5.40. The van der Waals surface area contributed by atoms with Crippen molar-refractivity contribution in [2.45, 2.75) is 39.3 Å². The molecule has 2 aromatic rings. The number of esters is 1. The molecule has 0 spiro atoms. The highest BCUT2D eigenvalue weighted by molar-refractivity contribution is 7.91. The van der Waals surface area contributed by atoms with Gasteiger partial charge in [-0.3, -0.25) is 4.79 Å². The second kappa shape index (κ2) is 7.75. The van der Waals surface area contributed by atoms with Gasteiger partial charge in [0.2, 0.25) is 5.76 Å². The Bertz CT molecular complexity index is 1030. The van der Waals surface area contributed by atoms with Crippen LogP contribution >= 0.6 is 11.6 Å². The largest absolute Gasteiger partial charge is 0.449 e. The molecule has 1 aliphatic heterocycles. The van der Waals surface area contributed by atoms with Crippen molar-refractivity contribution >= 4 is 44.3 Å². The number of ether oxygens (including phenoxy) is 1. The molecule has 2 atom stereocenters. The maximum Gasteiger partial charge on any atom is 0.375 e. The van der Waals surface area contributed by atoms with E-state index >= 15 is 0 Å². The molecule has 1 aliphatic rings. The van der Waals surface area contributed by atoms with Crippen LogP contribution < -0.4 is 0 Å². The van der Waals surface area contributed by atoms with Crippen LogP contribution in [0.2, 0.25) is 5.02 Å². The SMILES string of the molecule is CCN(C(=O)C(C)OC(=O)c1oc2ccc(Cl)cc2c1C)C1CCS(=O)(=O)C1. The summed E-state index contributed by atoms with van der Waals surface area (Å²) < 4.78 is 34.3. The number of benzene rings is 1. The van der Waals surface area contributed by atoms with Crippen LogP contribution in [0.3, 0.4) is 0 Å². The summed E-state index contributed by atoms with van der Waals surface area (Å²) in [6.07, 6.45) is -0.668. The van der Waals surface area contributed by atoms with Crippen molar-refractivity contribution in [3.8, 4) is 0 Å². The van der Waals surface area contributed by atoms with Crippen molar-refractivity contribution in [3.63, 3.8) is 0 Å². The number of carbonyl (C=O) groups excluding carboxylic acids is 2. The lowest BCUT2D eigenvalue weighted by molar-refractivity contribution is -0.141. The maximum absolute atomic E-state index is 12.7. The number of carbonyl (C=O) groups is 2. The Morgan fingerprint density at radius 3 is 2.71 bits per heavy atom. The van der Waals surface area contributed by atoms with Gasteiger partial charge in [-0.25, -0.2) is 13.2 Å². The van der Waals surface area contributed by atoms with Crippen molar-refractivity contribution in [3.05, 3.63) is 34.5 Å². The number of sulfone groups is 1. The fourth-order valence-electron chi connectivity index (χ4n) is 3.50. The van der Waals surface area contributed by atoms with Gasteiger partial charge in [-0.15, -0.1) is 0 Å². The summed E-state index contributed by atoms with van der Waals surface area (Å²) in [5.74, 6) is -1.15. The monoisotopic (exact) mass is 427 g/mol. The number of furan rings is 1. The van der Waals surface area contributed by atoms with E-state index < -0.39 is 33.9 Å². The van der Waals surface area contributed by atoms with Gasteiger partial charge in [0.25, 0.3) is 5.91 Å². The number of fused-ring (bicyclic) bond motifs is 1. The zero-order valence-electron chi connectivity index (χ0n) is 15.9. The first-order valence-electron chi connectivity index (χ1n) is 9.03. The molecule has 3 rings (SSSR count). The van der Waals surface area contributed by atoms with Gasteiger partial charge in [-0.05, 0) is 45.4 Å². The van der Waals surface area contributed by atoms with Crippen LogP contribution in [0.4, 0.5) is 0 Å². The molecule has 152 valence electrons.